The third-order valence-corrected chi connectivity index (χ3v) is 3.41. The molecule has 2 rings (SSSR count). The molecule has 0 aliphatic rings. The zero-order chi connectivity index (χ0) is 11.5. The fraction of sp³-hybridized carbons (Fsp3) is 0.250. The van der Waals surface area contributed by atoms with E-state index in [9.17, 15) is 0 Å². The van der Waals surface area contributed by atoms with E-state index in [0.717, 1.165) is 28.5 Å². The summed E-state index contributed by atoms with van der Waals surface area (Å²) in [4.78, 5) is 5.46. The van der Waals surface area contributed by atoms with E-state index < -0.39 is 0 Å². The molecule has 2 aromatic rings. The Hall–Kier alpha value is -1.55. The number of aryl methyl sites for hydroxylation is 1. The van der Waals surface area contributed by atoms with Gasteiger partial charge in [-0.3, -0.25) is 0 Å². The van der Waals surface area contributed by atoms with E-state index in [-0.39, 0.29) is 0 Å². The van der Waals surface area contributed by atoms with Gasteiger partial charge in [-0.15, -0.1) is 11.3 Å². The van der Waals surface area contributed by atoms with Crippen LogP contribution in [0.2, 0.25) is 0 Å². The predicted octanol–water partition coefficient (Wildman–Crippen LogP) is 2.95. The summed E-state index contributed by atoms with van der Waals surface area (Å²) in [6.45, 7) is 4.84. The van der Waals surface area contributed by atoms with Gasteiger partial charge in [0.25, 0.3) is 0 Å². The van der Waals surface area contributed by atoms with Crippen LogP contribution in [0.5, 0.6) is 0 Å². The first kappa shape index (κ1) is 11.0. The first-order valence-corrected chi connectivity index (χ1v) is 5.99. The molecule has 3 N–H and O–H groups in total. The maximum atomic E-state index is 5.84. The molecule has 0 saturated carbocycles. The number of thiazole rings is 1. The number of rotatable bonds is 3. The third-order valence-electron chi connectivity index (χ3n) is 2.50. The lowest BCUT2D eigenvalue weighted by Crippen LogP contribution is -2.01. The molecule has 0 saturated heterocycles. The summed E-state index contributed by atoms with van der Waals surface area (Å²) in [6.07, 6.45) is 1.91. The Kier molecular flexibility index (Phi) is 3.10. The minimum Gasteiger partial charge on any atom is -0.398 e. The smallest absolute Gasteiger partial charge is 0.0897 e. The van der Waals surface area contributed by atoms with Crippen LogP contribution in [0.25, 0.3) is 0 Å². The molecule has 0 bridgehead atoms. The quantitative estimate of drug-likeness (QED) is 0.801. The van der Waals surface area contributed by atoms with Crippen LogP contribution >= 0.6 is 11.3 Å². The second kappa shape index (κ2) is 4.53. The molecule has 0 spiro atoms. The normalized spacial score (nSPS) is 10.4. The van der Waals surface area contributed by atoms with Crippen molar-refractivity contribution >= 4 is 22.7 Å². The first-order valence-electron chi connectivity index (χ1n) is 5.17. The highest BCUT2D eigenvalue weighted by Gasteiger charge is 2.02. The molecule has 1 aromatic carbocycles. The van der Waals surface area contributed by atoms with E-state index in [0.29, 0.717) is 0 Å². The fourth-order valence-electron chi connectivity index (χ4n) is 1.51. The average molecular weight is 233 g/mol. The minimum absolute atomic E-state index is 0.801. The summed E-state index contributed by atoms with van der Waals surface area (Å²) in [7, 11) is 0. The Morgan fingerprint density at radius 2 is 2.19 bits per heavy atom. The van der Waals surface area contributed by atoms with Gasteiger partial charge in [0, 0.05) is 22.4 Å². The SMILES string of the molecule is Cc1ncc(CNc2cccc(N)c2C)s1. The van der Waals surface area contributed by atoms with Crippen LogP contribution in [0.1, 0.15) is 15.4 Å². The van der Waals surface area contributed by atoms with Gasteiger partial charge in [0.15, 0.2) is 0 Å². The minimum atomic E-state index is 0.801. The van der Waals surface area contributed by atoms with Crippen LogP contribution in [0, 0.1) is 13.8 Å². The largest absolute Gasteiger partial charge is 0.398 e. The molecule has 0 aliphatic heterocycles. The molecule has 84 valence electrons. The summed E-state index contributed by atoms with van der Waals surface area (Å²) in [6, 6.07) is 5.92. The molecule has 0 aliphatic carbocycles. The Labute approximate surface area is 99.3 Å². The summed E-state index contributed by atoms with van der Waals surface area (Å²) in [5.41, 5.74) is 8.86. The van der Waals surface area contributed by atoms with Gasteiger partial charge in [-0.2, -0.15) is 0 Å². The lowest BCUT2D eigenvalue weighted by atomic mass is 10.1. The number of nitrogens with two attached hydrogens (primary N) is 1. The Morgan fingerprint density at radius 3 is 2.88 bits per heavy atom. The number of hydrogen-bond donors (Lipinski definition) is 2. The topological polar surface area (TPSA) is 50.9 Å². The molecule has 0 unspecified atom stereocenters. The van der Waals surface area contributed by atoms with E-state index in [1.165, 1.54) is 4.88 Å². The average Bonchev–Trinajstić information content (AvgIpc) is 2.67. The van der Waals surface area contributed by atoms with Crippen LogP contribution in [-0.2, 0) is 6.54 Å². The van der Waals surface area contributed by atoms with Crippen molar-refractivity contribution in [1.29, 1.82) is 0 Å². The van der Waals surface area contributed by atoms with Crippen LogP contribution in [0.15, 0.2) is 24.4 Å². The van der Waals surface area contributed by atoms with E-state index >= 15 is 0 Å². The number of nitrogen functional groups attached to an aromatic ring is 1. The van der Waals surface area contributed by atoms with Gasteiger partial charge in [-0.1, -0.05) is 6.07 Å². The standard InChI is InChI=1S/C12H15N3S/c1-8-11(13)4-3-5-12(8)15-7-10-6-14-9(2)16-10/h3-6,15H,7,13H2,1-2H3. The monoisotopic (exact) mass is 233 g/mol. The summed E-state index contributed by atoms with van der Waals surface area (Å²) in [5.74, 6) is 0. The van der Waals surface area contributed by atoms with Crippen LogP contribution in [-0.4, -0.2) is 4.98 Å². The molecule has 0 radical (unpaired) electrons. The number of aromatic nitrogens is 1. The lowest BCUT2D eigenvalue weighted by Gasteiger charge is -2.09. The number of nitrogens with zero attached hydrogens (tertiary/aromatic N) is 1. The third kappa shape index (κ3) is 2.33. The van der Waals surface area contributed by atoms with Gasteiger partial charge in [-0.25, -0.2) is 4.98 Å². The Morgan fingerprint density at radius 1 is 1.38 bits per heavy atom. The molecule has 16 heavy (non-hydrogen) atoms. The number of hydrogen-bond acceptors (Lipinski definition) is 4. The fourth-order valence-corrected chi connectivity index (χ4v) is 2.25. The van der Waals surface area contributed by atoms with Crippen LogP contribution < -0.4 is 11.1 Å². The van der Waals surface area contributed by atoms with Gasteiger partial charge in [0.2, 0.25) is 0 Å². The Balaban J connectivity index is 2.07. The summed E-state index contributed by atoms with van der Waals surface area (Å²) >= 11 is 1.71. The van der Waals surface area contributed by atoms with Crippen molar-refractivity contribution in [2.24, 2.45) is 0 Å². The van der Waals surface area contributed by atoms with Gasteiger partial charge in [0.1, 0.15) is 0 Å². The van der Waals surface area contributed by atoms with Gasteiger partial charge in [0.05, 0.1) is 11.6 Å². The highest BCUT2D eigenvalue weighted by atomic mass is 32.1. The van der Waals surface area contributed by atoms with Crippen molar-refractivity contribution in [3.05, 3.63) is 39.8 Å². The van der Waals surface area contributed by atoms with Crippen LogP contribution in [0.3, 0.4) is 0 Å². The number of anilines is 2. The van der Waals surface area contributed by atoms with Crippen molar-refractivity contribution in [1.82, 2.24) is 4.98 Å². The van der Waals surface area contributed by atoms with E-state index in [2.05, 4.69) is 10.3 Å². The van der Waals surface area contributed by atoms with Crippen molar-refractivity contribution in [2.75, 3.05) is 11.1 Å². The molecule has 0 atom stereocenters. The maximum absolute atomic E-state index is 5.84. The molecular weight excluding hydrogens is 218 g/mol. The summed E-state index contributed by atoms with van der Waals surface area (Å²) < 4.78 is 0. The zero-order valence-corrected chi connectivity index (χ0v) is 10.3. The van der Waals surface area contributed by atoms with Crippen molar-refractivity contribution in [3.63, 3.8) is 0 Å². The second-order valence-electron chi connectivity index (χ2n) is 3.72. The van der Waals surface area contributed by atoms with Gasteiger partial charge < -0.3 is 11.1 Å². The Bertz CT molecular complexity index is 491. The second-order valence-corrected chi connectivity index (χ2v) is 5.04. The molecule has 1 heterocycles. The van der Waals surface area contributed by atoms with E-state index in [1.807, 2.05) is 38.2 Å². The molecule has 1 aromatic heterocycles. The highest BCUT2D eigenvalue weighted by Crippen LogP contribution is 2.22. The van der Waals surface area contributed by atoms with Crippen molar-refractivity contribution in [3.8, 4) is 0 Å². The molecular formula is C12H15N3S. The van der Waals surface area contributed by atoms with Gasteiger partial charge in [-0.05, 0) is 31.5 Å². The van der Waals surface area contributed by atoms with E-state index in [1.54, 1.807) is 11.3 Å². The molecule has 4 heteroatoms. The first-order chi connectivity index (χ1) is 7.66. The molecule has 0 fully saturated rings. The predicted molar refractivity (Wildman–Crippen MR) is 69.8 cm³/mol. The summed E-state index contributed by atoms with van der Waals surface area (Å²) in [5, 5.41) is 4.47. The zero-order valence-electron chi connectivity index (χ0n) is 9.45. The van der Waals surface area contributed by atoms with Crippen molar-refractivity contribution in [2.45, 2.75) is 20.4 Å². The lowest BCUT2D eigenvalue weighted by molar-refractivity contribution is 1.16. The molecule has 0 amide bonds. The highest BCUT2D eigenvalue weighted by molar-refractivity contribution is 7.11. The maximum Gasteiger partial charge on any atom is 0.0897 e. The number of benzene rings is 1. The van der Waals surface area contributed by atoms with Crippen molar-refractivity contribution < 1.29 is 0 Å². The van der Waals surface area contributed by atoms with Gasteiger partial charge >= 0.3 is 0 Å². The number of nitrogens with one attached hydrogen (secondary N) is 1. The van der Waals surface area contributed by atoms with Crippen LogP contribution in [0.4, 0.5) is 11.4 Å². The van der Waals surface area contributed by atoms with E-state index in [4.69, 9.17) is 5.73 Å². The molecule has 3 nitrogen and oxygen atoms in total.